The molecule has 1 amide bonds. The fraction of sp³-hybridized carbons (Fsp3) is 0.211. The van der Waals surface area contributed by atoms with Crippen LogP contribution in [0.5, 0.6) is 0 Å². The Morgan fingerprint density at radius 3 is 2.84 bits per heavy atom. The molecule has 1 fully saturated rings. The highest BCUT2D eigenvalue weighted by Crippen LogP contribution is 2.26. The zero-order valence-electron chi connectivity index (χ0n) is 13.8. The summed E-state index contributed by atoms with van der Waals surface area (Å²) < 4.78 is 4.96. The standard InChI is InChI=1S/C19H18N4O2/c1-13(15-8-4-6-14-5-2-3-7-16(14)15)21-18-20-10-9-17(22-18)23-11-12-25-19(23)24/h2-10,13H,11-12H2,1H3,(H,20,21,22)/t13-/m1/s1. The first-order valence-electron chi connectivity index (χ1n) is 8.24. The number of aromatic nitrogens is 2. The van der Waals surface area contributed by atoms with Gasteiger partial charge in [-0.1, -0.05) is 42.5 Å². The van der Waals surface area contributed by atoms with E-state index in [0.29, 0.717) is 24.9 Å². The summed E-state index contributed by atoms with van der Waals surface area (Å²) >= 11 is 0. The van der Waals surface area contributed by atoms with Crippen LogP contribution in [0.3, 0.4) is 0 Å². The summed E-state index contributed by atoms with van der Waals surface area (Å²) in [6, 6.07) is 16.3. The molecule has 25 heavy (non-hydrogen) atoms. The van der Waals surface area contributed by atoms with Crippen LogP contribution in [0.4, 0.5) is 16.6 Å². The van der Waals surface area contributed by atoms with Gasteiger partial charge in [0.15, 0.2) is 0 Å². The molecule has 0 bridgehead atoms. The predicted molar refractivity (Wildman–Crippen MR) is 96.7 cm³/mol. The summed E-state index contributed by atoms with van der Waals surface area (Å²) in [5, 5.41) is 5.72. The van der Waals surface area contributed by atoms with Crippen LogP contribution in [-0.4, -0.2) is 29.2 Å². The molecule has 0 saturated carbocycles. The summed E-state index contributed by atoms with van der Waals surface area (Å²) in [6.45, 7) is 2.97. The number of cyclic esters (lactones) is 1. The number of nitrogens with one attached hydrogen (secondary N) is 1. The fourth-order valence-corrected chi connectivity index (χ4v) is 3.07. The molecule has 4 rings (SSSR count). The quantitative estimate of drug-likeness (QED) is 0.787. The monoisotopic (exact) mass is 334 g/mol. The van der Waals surface area contributed by atoms with Crippen molar-refractivity contribution in [3.05, 3.63) is 60.3 Å². The van der Waals surface area contributed by atoms with Gasteiger partial charge >= 0.3 is 6.09 Å². The van der Waals surface area contributed by atoms with Gasteiger partial charge in [0, 0.05) is 6.20 Å². The van der Waals surface area contributed by atoms with Crippen molar-refractivity contribution in [1.29, 1.82) is 0 Å². The highest BCUT2D eigenvalue weighted by atomic mass is 16.6. The maximum Gasteiger partial charge on any atom is 0.415 e. The van der Waals surface area contributed by atoms with Crippen LogP contribution >= 0.6 is 0 Å². The molecule has 3 aromatic rings. The topological polar surface area (TPSA) is 67.3 Å². The predicted octanol–water partition coefficient (Wildman–Crippen LogP) is 3.76. The minimum Gasteiger partial charge on any atom is -0.447 e. The first-order valence-corrected chi connectivity index (χ1v) is 8.24. The van der Waals surface area contributed by atoms with Crippen molar-refractivity contribution >= 4 is 28.6 Å². The summed E-state index contributed by atoms with van der Waals surface area (Å²) in [5.74, 6) is 1.03. The van der Waals surface area contributed by atoms with Gasteiger partial charge in [-0.3, -0.25) is 4.90 Å². The number of ether oxygens (including phenoxy) is 1. The zero-order valence-corrected chi connectivity index (χ0v) is 13.8. The Morgan fingerprint density at radius 2 is 2.00 bits per heavy atom. The number of nitrogens with zero attached hydrogens (tertiary/aromatic N) is 3. The van der Waals surface area contributed by atoms with E-state index in [1.165, 1.54) is 21.2 Å². The lowest BCUT2D eigenvalue weighted by Gasteiger charge is -2.18. The Morgan fingerprint density at radius 1 is 1.16 bits per heavy atom. The molecular weight excluding hydrogens is 316 g/mol. The van der Waals surface area contributed by atoms with Gasteiger partial charge in [-0.15, -0.1) is 0 Å². The van der Waals surface area contributed by atoms with E-state index in [-0.39, 0.29) is 12.1 Å². The average Bonchev–Trinajstić information content (AvgIpc) is 3.07. The number of benzene rings is 2. The Bertz CT molecular complexity index is 923. The molecule has 1 aliphatic heterocycles. The third kappa shape index (κ3) is 2.98. The number of amides is 1. The molecule has 2 heterocycles. The van der Waals surface area contributed by atoms with Crippen molar-refractivity contribution < 1.29 is 9.53 Å². The van der Waals surface area contributed by atoms with E-state index in [4.69, 9.17) is 4.74 Å². The lowest BCUT2D eigenvalue weighted by atomic mass is 10.00. The molecule has 1 saturated heterocycles. The third-order valence-electron chi connectivity index (χ3n) is 4.31. The van der Waals surface area contributed by atoms with Gasteiger partial charge < -0.3 is 10.1 Å². The van der Waals surface area contributed by atoms with E-state index in [1.54, 1.807) is 12.3 Å². The SMILES string of the molecule is C[C@@H](Nc1nccc(N2CCOC2=O)n1)c1cccc2ccccc12. The van der Waals surface area contributed by atoms with E-state index in [2.05, 4.69) is 46.5 Å². The van der Waals surface area contributed by atoms with Crippen LogP contribution in [-0.2, 0) is 4.74 Å². The Balaban J connectivity index is 1.60. The second-order valence-corrected chi connectivity index (χ2v) is 5.94. The van der Waals surface area contributed by atoms with Gasteiger partial charge in [0.25, 0.3) is 0 Å². The van der Waals surface area contributed by atoms with E-state index in [9.17, 15) is 4.79 Å². The van der Waals surface area contributed by atoms with Crippen LogP contribution in [0.2, 0.25) is 0 Å². The van der Waals surface area contributed by atoms with Crippen molar-refractivity contribution in [3.63, 3.8) is 0 Å². The van der Waals surface area contributed by atoms with Crippen LogP contribution in [0, 0.1) is 0 Å². The molecule has 1 N–H and O–H groups in total. The number of hydrogen-bond acceptors (Lipinski definition) is 5. The maximum atomic E-state index is 11.7. The van der Waals surface area contributed by atoms with Crippen LogP contribution < -0.4 is 10.2 Å². The molecule has 6 heteroatoms. The Hall–Kier alpha value is -3.15. The summed E-state index contributed by atoms with van der Waals surface area (Å²) in [4.78, 5) is 21.9. The lowest BCUT2D eigenvalue weighted by molar-refractivity contribution is 0.181. The Labute approximate surface area is 145 Å². The van der Waals surface area contributed by atoms with Crippen molar-refractivity contribution in [2.45, 2.75) is 13.0 Å². The lowest BCUT2D eigenvalue weighted by Crippen LogP contribution is -2.25. The highest BCUT2D eigenvalue weighted by Gasteiger charge is 2.25. The molecule has 126 valence electrons. The molecule has 0 unspecified atom stereocenters. The first-order chi connectivity index (χ1) is 12.2. The number of rotatable bonds is 4. The summed E-state index contributed by atoms with van der Waals surface area (Å²) in [7, 11) is 0. The minimum absolute atomic E-state index is 0.0203. The van der Waals surface area contributed by atoms with E-state index in [1.807, 2.05) is 18.2 Å². The number of fused-ring (bicyclic) bond motifs is 1. The number of hydrogen-bond donors (Lipinski definition) is 1. The van der Waals surface area contributed by atoms with Gasteiger partial charge in [-0.05, 0) is 29.3 Å². The van der Waals surface area contributed by atoms with Gasteiger partial charge in [-0.2, -0.15) is 4.98 Å². The maximum absolute atomic E-state index is 11.7. The largest absolute Gasteiger partial charge is 0.447 e. The second kappa shape index (κ2) is 6.39. The van der Waals surface area contributed by atoms with Gasteiger partial charge in [0.2, 0.25) is 5.95 Å². The molecule has 0 spiro atoms. The molecule has 1 aliphatic rings. The van der Waals surface area contributed by atoms with Crippen molar-refractivity contribution in [1.82, 2.24) is 9.97 Å². The van der Waals surface area contributed by atoms with Crippen LogP contribution in [0.1, 0.15) is 18.5 Å². The van der Waals surface area contributed by atoms with E-state index >= 15 is 0 Å². The number of anilines is 2. The number of carbonyl (C=O) groups is 1. The molecule has 0 aliphatic carbocycles. The molecule has 0 radical (unpaired) electrons. The van der Waals surface area contributed by atoms with Crippen molar-refractivity contribution in [3.8, 4) is 0 Å². The minimum atomic E-state index is -0.369. The molecule has 1 atom stereocenters. The number of carbonyl (C=O) groups excluding carboxylic acids is 1. The molecular formula is C19H18N4O2. The zero-order chi connectivity index (χ0) is 17.2. The molecule has 2 aromatic carbocycles. The van der Waals surface area contributed by atoms with Gasteiger partial charge in [0.05, 0.1) is 12.6 Å². The third-order valence-corrected chi connectivity index (χ3v) is 4.31. The van der Waals surface area contributed by atoms with Gasteiger partial charge in [0.1, 0.15) is 12.4 Å². The van der Waals surface area contributed by atoms with Crippen molar-refractivity contribution in [2.24, 2.45) is 0 Å². The van der Waals surface area contributed by atoms with Gasteiger partial charge in [-0.25, -0.2) is 9.78 Å². The normalized spacial score (nSPS) is 15.2. The van der Waals surface area contributed by atoms with Crippen LogP contribution in [0.15, 0.2) is 54.7 Å². The highest BCUT2D eigenvalue weighted by molar-refractivity contribution is 5.88. The van der Waals surface area contributed by atoms with E-state index in [0.717, 1.165) is 0 Å². The smallest absolute Gasteiger partial charge is 0.415 e. The molecule has 6 nitrogen and oxygen atoms in total. The van der Waals surface area contributed by atoms with E-state index < -0.39 is 0 Å². The summed E-state index contributed by atoms with van der Waals surface area (Å²) in [6.07, 6.45) is 1.28. The average molecular weight is 334 g/mol. The summed E-state index contributed by atoms with van der Waals surface area (Å²) in [5.41, 5.74) is 1.17. The Kier molecular flexibility index (Phi) is 3.93. The molecule has 1 aromatic heterocycles. The second-order valence-electron chi connectivity index (χ2n) is 5.94. The van der Waals surface area contributed by atoms with Crippen molar-refractivity contribution in [2.75, 3.05) is 23.4 Å². The van der Waals surface area contributed by atoms with Crippen LogP contribution in [0.25, 0.3) is 10.8 Å². The first kappa shape index (κ1) is 15.4. The fourth-order valence-electron chi connectivity index (χ4n) is 3.07.